The van der Waals surface area contributed by atoms with Gasteiger partial charge in [-0.05, 0) is 104 Å². The van der Waals surface area contributed by atoms with Crippen LogP contribution in [-0.4, -0.2) is 28.9 Å². The molecule has 4 aliphatic carbocycles. The van der Waals surface area contributed by atoms with Crippen LogP contribution in [0.4, 0.5) is 0 Å². The second-order valence-corrected chi connectivity index (χ2v) is 16.7. The van der Waals surface area contributed by atoms with Crippen LogP contribution in [0.25, 0.3) is 0 Å². The first-order valence-corrected chi connectivity index (χ1v) is 19.6. The Labute approximate surface area is 288 Å². The molecule has 5 heteroatoms. The normalized spacial score (nSPS) is 32.1. The van der Waals surface area contributed by atoms with Crippen molar-refractivity contribution >= 4 is 17.7 Å². The monoisotopic (exact) mass is 655 g/mol. The van der Waals surface area contributed by atoms with Crippen LogP contribution in [0.3, 0.4) is 0 Å². The zero-order chi connectivity index (χ0) is 34.6. The molecule has 0 aromatic rings. The highest BCUT2D eigenvalue weighted by molar-refractivity contribution is 5.94. The van der Waals surface area contributed by atoms with Crippen molar-refractivity contribution in [3.8, 4) is 0 Å². The van der Waals surface area contributed by atoms with Crippen LogP contribution in [0, 0.1) is 46.3 Å². The standard InChI is InChI=1S/C29H46O3.C13H24O2/c1-18(2)8-7-9-19(3)23-10-11-24-27-25(13-15-29(23,24)6)28(5)14-12-22(32-20(4)30)16-21(28)17-26(27)31;1-2-3-4-5-6-7-8-9-10-11-12-13(14)15/h17-19,22-25,27H,7-16H2,1-6H3;9-10H,2-8,11-12H2,1H3,(H,14,15)/b;10-9+. The average molecular weight is 655 g/mol. The number of carbonyl (C=O) groups is 3. The molecule has 0 aromatic heterocycles. The molecule has 4 rings (SSSR count). The van der Waals surface area contributed by atoms with Crippen molar-refractivity contribution in [2.75, 3.05) is 0 Å². The molecule has 0 amide bonds. The van der Waals surface area contributed by atoms with Gasteiger partial charge < -0.3 is 9.84 Å². The Kier molecular flexibility index (Phi) is 15.8. The molecule has 268 valence electrons. The summed E-state index contributed by atoms with van der Waals surface area (Å²) >= 11 is 0. The number of carboxylic acids is 1. The van der Waals surface area contributed by atoms with E-state index in [1.54, 1.807) is 0 Å². The molecular weight excluding hydrogens is 584 g/mol. The van der Waals surface area contributed by atoms with E-state index in [2.05, 4.69) is 47.6 Å². The van der Waals surface area contributed by atoms with Crippen molar-refractivity contribution in [3.63, 3.8) is 0 Å². The van der Waals surface area contributed by atoms with E-state index in [1.807, 2.05) is 12.2 Å². The molecule has 0 bridgehead atoms. The van der Waals surface area contributed by atoms with Crippen LogP contribution in [-0.2, 0) is 19.1 Å². The summed E-state index contributed by atoms with van der Waals surface area (Å²) in [6.45, 7) is 15.8. The first kappa shape index (κ1) is 39.5. The highest BCUT2D eigenvalue weighted by atomic mass is 16.5. The number of carbonyl (C=O) groups excluding carboxylic acids is 2. The van der Waals surface area contributed by atoms with Gasteiger partial charge in [-0.1, -0.05) is 111 Å². The van der Waals surface area contributed by atoms with Gasteiger partial charge in [-0.3, -0.25) is 14.4 Å². The number of carboxylic acid groups (broad SMARTS) is 1. The lowest BCUT2D eigenvalue weighted by Crippen LogP contribution is -2.53. The third kappa shape index (κ3) is 10.8. The molecular formula is C42H70O5. The molecule has 1 N–H and O–H groups in total. The third-order valence-corrected chi connectivity index (χ3v) is 12.9. The fraction of sp³-hybridized carbons (Fsp3) is 0.833. The zero-order valence-corrected chi connectivity index (χ0v) is 31.3. The molecule has 0 heterocycles. The van der Waals surface area contributed by atoms with E-state index >= 15 is 0 Å². The quantitative estimate of drug-likeness (QED) is 0.102. The van der Waals surface area contributed by atoms with Crippen molar-refractivity contribution in [1.29, 1.82) is 0 Å². The molecule has 0 saturated heterocycles. The number of allylic oxidation sites excluding steroid dienone is 3. The number of ketones is 1. The second kappa shape index (κ2) is 18.7. The van der Waals surface area contributed by atoms with E-state index in [4.69, 9.17) is 9.84 Å². The summed E-state index contributed by atoms with van der Waals surface area (Å²) in [5.41, 5.74) is 1.70. The molecule has 47 heavy (non-hydrogen) atoms. The van der Waals surface area contributed by atoms with Crippen molar-refractivity contribution in [1.82, 2.24) is 0 Å². The Morgan fingerprint density at radius 3 is 2.30 bits per heavy atom. The van der Waals surface area contributed by atoms with E-state index in [9.17, 15) is 14.4 Å². The van der Waals surface area contributed by atoms with Gasteiger partial charge in [0.2, 0.25) is 0 Å². The van der Waals surface area contributed by atoms with Crippen LogP contribution in [0.5, 0.6) is 0 Å². The molecule has 8 atom stereocenters. The van der Waals surface area contributed by atoms with Crippen molar-refractivity contribution in [2.24, 2.45) is 46.3 Å². The SMILES string of the molecule is CC(=O)OC1CCC2(C)C(=CC(=O)C3C2CCC2(C)C(C(C)CCCC(C)C)CCC32)C1.CCCCCCCC/C=C/CCC(=O)O. The first-order chi connectivity index (χ1) is 22.3. The Morgan fingerprint density at radius 1 is 0.915 bits per heavy atom. The molecule has 3 saturated carbocycles. The fourth-order valence-electron chi connectivity index (χ4n) is 10.2. The lowest BCUT2D eigenvalue weighted by Gasteiger charge is -2.57. The van der Waals surface area contributed by atoms with E-state index in [-0.39, 0.29) is 29.8 Å². The van der Waals surface area contributed by atoms with Crippen LogP contribution >= 0.6 is 0 Å². The van der Waals surface area contributed by atoms with Crippen molar-refractivity contribution < 1.29 is 24.2 Å². The van der Waals surface area contributed by atoms with Gasteiger partial charge >= 0.3 is 11.9 Å². The fourth-order valence-corrected chi connectivity index (χ4v) is 10.2. The molecule has 8 unspecified atom stereocenters. The zero-order valence-electron chi connectivity index (χ0n) is 31.3. The summed E-state index contributed by atoms with van der Waals surface area (Å²) in [5, 5.41) is 8.40. The number of rotatable bonds is 16. The second-order valence-electron chi connectivity index (χ2n) is 16.7. The number of aliphatic carboxylic acids is 1. The highest BCUT2D eigenvalue weighted by Gasteiger charge is 2.61. The maximum Gasteiger partial charge on any atom is 0.303 e. The molecule has 4 aliphatic rings. The molecule has 5 nitrogen and oxygen atoms in total. The number of esters is 1. The molecule has 0 spiro atoms. The maximum atomic E-state index is 13.6. The Bertz CT molecular complexity index is 1070. The van der Waals surface area contributed by atoms with Gasteiger partial charge in [-0.25, -0.2) is 0 Å². The van der Waals surface area contributed by atoms with E-state index in [0.29, 0.717) is 29.5 Å². The highest BCUT2D eigenvalue weighted by Crippen LogP contribution is 2.66. The van der Waals surface area contributed by atoms with Gasteiger partial charge in [-0.2, -0.15) is 0 Å². The number of fused-ring (bicyclic) bond motifs is 5. The summed E-state index contributed by atoms with van der Waals surface area (Å²) < 4.78 is 5.54. The Morgan fingerprint density at radius 2 is 1.62 bits per heavy atom. The van der Waals surface area contributed by atoms with Crippen LogP contribution < -0.4 is 0 Å². The minimum absolute atomic E-state index is 0.0485. The minimum Gasteiger partial charge on any atom is -0.481 e. The Balaban J connectivity index is 0.000000339. The van der Waals surface area contributed by atoms with Crippen LogP contribution in [0.2, 0.25) is 0 Å². The minimum atomic E-state index is -0.709. The van der Waals surface area contributed by atoms with E-state index in [0.717, 1.165) is 43.4 Å². The predicted molar refractivity (Wildman–Crippen MR) is 193 cm³/mol. The summed E-state index contributed by atoms with van der Waals surface area (Å²) in [6, 6.07) is 0. The summed E-state index contributed by atoms with van der Waals surface area (Å²) in [4.78, 5) is 35.3. The third-order valence-electron chi connectivity index (χ3n) is 12.9. The van der Waals surface area contributed by atoms with Gasteiger partial charge in [0.15, 0.2) is 5.78 Å². The van der Waals surface area contributed by atoms with Gasteiger partial charge in [0, 0.05) is 25.7 Å². The predicted octanol–water partition coefficient (Wildman–Crippen LogP) is 11.3. The smallest absolute Gasteiger partial charge is 0.303 e. The molecule has 0 aromatic carbocycles. The lowest BCUT2D eigenvalue weighted by atomic mass is 9.46. The van der Waals surface area contributed by atoms with Crippen molar-refractivity contribution in [3.05, 3.63) is 23.8 Å². The van der Waals surface area contributed by atoms with Gasteiger partial charge in [-0.15, -0.1) is 0 Å². The maximum absolute atomic E-state index is 13.6. The average Bonchev–Trinajstić information content (AvgIpc) is 3.36. The van der Waals surface area contributed by atoms with Crippen LogP contribution in [0.15, 0.2) is 23.8 Å². The summed E-state index contributed by atoms with van der Waals surface area (Å²) in [7, 11) is 0. The van der Waals surface area contributed by atoms with Gasteiger partial charge in [0.1, 0.15) is 6.10 Å². The Hall–Kier alpha value is -1.91. The lowest BCUT2D eigenvalue weighted by molar-refractivity contribution is -0.149. The molecule has 0 radical (unpaired) electrons. The largest absolute Gasteiger partial charge is 0.481 e. The number of unbranched alkanes of at least 4 members (excludes halogenated alkanes) is 6. The van der Waals surface area contributed by atoms with E-state index < -0.39 is 5.97 Å². The van der Waals surface area contributed by atoms with Crippen LogP contribution in [0.1, 0.15) is 170 Å². The van der Waals surface area contributed by atoms with E-state index in [1.165, 1.54) is 96.0 Å². The summed E-state index contributed by atoms with van der Waals surface area (Å²) in [6.07, 6.45) is 27.8. The van der Waals surface area contributed by atoms with Gasteiger partial charge in [0.05, 0.1) is 0 Å². The molecule has 3 fully saturated rings. The first-order valence-electron chi connectivity index (χ1n) is 19.6. The van der Waals surface area contributed by atoms with Crippen molar-refractivity contribution in [2.45, 2.75) is 177 Å². The number of hydrogen-bond donors (Lipinski definition) is 1. The number of ether oxygens (including phenoxy) is 1. The summed E-state index contributed by atoms with van der Waals surface area (Å²) in [5.74, 6) is 3.03. The molecule has 0 aliphatic heterocycles. The number of hydrogen-bond acceptors (Lipinski definition) is 4. The van der Waals surface area contributed by atoms with Gasteiger partial charge in [0.25, 0.3) is 0 Å². The topological polar surface area (TPSA) is 80.7 Å².